The van der Waals surface area contributed by atoms with E-state index in [1.165, 1.54) is 16.7 Å². The number of likely N-dealkylation sites (tertiary alicyclic amines) is 1. The molecular formula is C18H23N3O2. The zero-order valence-electron chi connectivity index (χ0n) is 14.0. The molecule has 0 saturated carbocycles. The summed E-state index contributed by atoms with van der Waals surface area (Å²) < 4.78 is 5.44. The highest BCUT2D eigenvalue weighted by atomic mass is 16.5. The predicted octanol–water partition coefficient (Wildman–Crippen LogP) is 3.00. The molecule has 2 aromatic rings. The van der Waals surface area contributed by atoms with Crippen molar-refractivity contribution >= 4 is 5.91 Å². The highest BCUT2D eigenvalue weighted by molar-refractivity contribution is 5.76. The van der Waals surface area contributed by atoms with Crippen molar-refractivity contribution in [2.24, 2.45) is 0 Å². The van der Waals surface area contributed by atoms with Gasteiger partial charge in [0, 0.05) is 25.9 Å². The highest BCUT2D eigenvalue weighted by Gasteiger charge is 2.30. The maximum atomic E-state index is 11.8. The van der Waals surface area contributed by atoms with E-state index in [1.807, 2.05) is 11.8 Å². The molecule has 23 heavy (non-hydrogen) atoms. The van der Waals surface area contributed by atoms with Crippen LogP contribution in [0.25, 0.3) is 0 Å². The van der Waals surface area contributed by atoms with Crippen molar-refractivity contribution in [2.75, 3.05) is 13.1 Å². The molecule has 1 fully saturated rings. The molecular weight excluding hydrogens is 290 g/mol. The summed E-state index contributed by atoms with van der Waals surface area (Å²) in [6.07, 6.45) is 2.13. The van der Waals surface area contributed by atoms with Gasteiger partial charge in [-0.25, -0.2) is 0 Å². The van der Waals surface area contributed by atoms with Crippen molar-refractivity contribution in [3.8, 4) is 0 Å². The Labute approximate surface area is 136 Å². The van der Waals surface area contributed by atoms with Gasteiger partial charge in [-0.1, -0.05) is 41.4 Å². The number of carbonyl (C=O) groups is 1. The molecule has 3 rings (SSSR count). The van der Waals surface area contributed by atoms with Crippen LogP contribution in [0.2, 0.25) is 0 Å². The van der Waals surface area contributed by atoms with Crippen LogP contribution in [0.4, 0.5) is 0 Å². The minimum absolute atomic E-state index is 0.172. The van der Waals surface area contributed by atoms with Gasteiger partial charge in [0.1, 0.15) is 0 Å². The summed E-state index contributed by atoms with van der Waals surface area (Å²) in [7, 11) is 0. The molecule has 1 amide bonds. The van der Waals surface area contributed by atoms with Crippen LogP contribution < -0.4 is 0 Å². The van der Waals surface area contributed by atoms with Crippen molar-refractivity contribution < 1.29 is 9.32 Å². The van der Waals surface area contributed by atoms with Gasteiger partial charge in [-0.3, -0.25) is 4.79 Å². The molecule has 122 valence electrons. The van der Waals surface area contributed by atoms with E-state index in [4.69, 9.17) is 4.52 Å². The first-order chi connectivity index (χ1) is 11.0. The first-order valence-electron chi connectivity index (χ1n) is 8.22. The van der Waals surface area contributed by atoms with Crippen LogP contribution in [0, 0.1) is 13.8 Å². The summed E-state index contributed by atoms with van der Waals surface area (Å²) in [5, 5.41) is 4.12. The van der Waals surface area contributed by atoms with Crippen molar-refractivity contribution in [3.63, 3.8) is 0 Å². The van der Waals surface area contributed by atoms with Crippen LogP contribution in [0.5, 0.6) is 0 Å². The number of rotatable bonds is 4. The van der Waals surface area contributed by atoms with Gasteiger partial charge in [-0.05, 0) is 25.8 Å². The van der Waals surface area contributed by atoms with Crippen molar-refractivity contribution in [3.05, 3.63) is 46.6 Å². The number of aromatic nitrogens is 2. The Hall–Kier alpha value is -2.17. The molecule has 1 aliphatic rings. The molecule has 0 spiro atoms. The van der Waals surface area contributed by atoms with E-state index in [9.17, 15) is 4.79 Å². The third-order valence-corrected chi connectivity index (χ3v) is 4.32. The van der Waals surface area contributed by atoms with Crippen LogP contribution in [0.3, 0.4) is 0 Å². The maximum absolute atomic E-state index is 11.8. The molecule has 1 saturated heterocycles. The van der Waals surface area contributed by atoms with Crippen LogP contribution >= 0.6 is 0 Å². The van der Waals surface area contributed by atoms with Gasteiger partial charge < -0.3 is 9.42 Å². The number of carbonyl (C=O) groups excluding carboxylic acids is 1. The number of hydrogen-bond acceptors (Lipinski definition) is 4. The Kier molecular flexibility index (Phi) is 4.46. The first kappa shape index (κ1) is 15.7. The lowest BCUT2D eigenvalue weighted by molar-refractivity contribution is -0.129. The van der Waals surface area contributed by atoms with Crippen LogP contribution in [-0.2, 0) is 11.2 Å². The molecule has 0 radical (unpaired) electrons. The molecule has 1 atom stereocenters. The molecule has 1 aliphatic heterocycles. The van der Waals surface area contributed by atoms with E-state index in [1.54, 1.807) is 0 Å². The first-order valence-corrected chi connectivity index (χ1v) is 8.22. The van der Waals surface area contributed by atoms with Crippen molar-refractivity contribution in [2.45, 2.75) is 46.0 Å². The van der Waals surface area contributed by atoms with Gasteiger partial charge in [-0.15, -0.1) is 0 Å². The zero-order valence-corrected chi connectivity index (χ0v) is 14.0. The Morgan fingerprint density at radius 1 is 1.30 bits per heavy atom. The van der Waals surface area contributed by atoms with Crippen LogP contribution in [0.1, 0.15) is 54.1 Å². The average Bonchev–Trinajstić information content (AvgIpc) is 3.14. The standard InChI is InChI=1S/C18H23N3O2/c1-4-17(22)21-6-5-15(11-21)18-19-16(20-23-18)10-14-8-12(2)7-13(3)9-14/h7-9,15H,4-6,10-11H2,1-3H3. The van der Waals surface area contributed by atoms with E-state index in [2.05, 4.69) is 42.2 Å². The molecule has 0 aliphatic carbocycles. The number of amides is 1. The number of hydrogen-bond donors (Lipinski definition) is 0. The minimum Gasteiger partial charge on any atom is -0.342 e. The molecule has 0 bridgehead atoms. The van der Waals surface area contributed by atoms with E-state index in [0.29, 0.717) is 31.1 Å². The Bertz CT molecular complexity index is 688. The Balaban J connectivity index is 1.68. The number of benzene rings is 1. The number of aryl methyl sites for hydroxylation is 2. The molecule has 1 unspecified atom stereocenters. The SMILES string of the molecule is CCC(=O)N1CCC(c2nc(Cc3cc(C)cc(C)c3)no2)C1. The summed E-state index contributed by atoms with van der Waals surface area (Å²) in [5.41, 5.74) is 3.69. The topological polar surface area (TPSA) is 59.2 Å². The van der Waals surface area contributed by atoms with Gasteiger partial charge in [0.15, 0.2) is 5.82 Å². The van der Waals surface area contributed by atoms with E-state index >= 15 is 0 Å². The van der Waals surface area contributed by atoms with Crippen LogP contribution in [-0.4, -0.2) is 34.0 Å². The predicted molar refractivity (Wildman–Crippen MR) is 87.2 cm³/mol. The second-order valence-electron chi connectivity index (χ2n) is 6.40. The normalized spacial score (nSPS) is 17.7. The maximum Gasteiger partial charge on any atom is 0.231 e. The Morgan fingerprint density at radius 2 is 2.04 bits per heavy atom. The van der Waals surface area contributed by atoms with Crippen molar-refractivity contribution in [1.82, 2.24) is 15.0 Å². The fourth-order valence-corrected chi connectivity index (χ4v) is 3.27. The van der Waals surface area contributed by atoms with E-state index in [-0.39, 0.29) is 11.8 Å². The molecule has 2 heterocycles. The monoisotopic (exact) mass is 313 g/mol. The molecule has 0 N–H and O–H groups in total. The van der Waals surface area contributed by atoms with Gasteiger partial charge in [0.25, 0.3) is 0 Å². The zero-order chi connectivity index (χ0) is 16.4. The number of nitrogens with zero attached hydrogens (tertiary/aromatic N) is 3. The third-order valence-electron chi connectivity index (χ3n) is 4.32. The molecule has 5 nitrogen and oxygen atoms in total. The molecule has 1 aromatic carbocycles. The molecule has 5 heteroatoms. The van der Waals surface area contributed by atoms with Crippen LogP contribution in [0.15, 0.2) is 22.7 Å². The van der Waals surface area contributed by atoms with Gasteiger partial charge >= 0.3 is 0 Å². The lowest BCUT2D eigenvalue weighted by atomic mass is 10.0. The van der Waals surface area contributed by atoms with Gasteiger partial charge in [-0.2, -0.15) is 4.98 Å². The summed E-state index contributed by atoms with van der Waals surface area (Å²) in [5.74, 6) is 1.74. The van der Waals surface area contributed by atoms with Gasteiger partial charge in [0.05, 0.1) is 5.92 Å². The quantitative estimate of drug-likeness (QED) is 0.870. The average molecular weight is 313 g/mol. The van der Waals surface area contributed by atoms with E-state index < -0.39 is 0 Å². The van der Waals surface area contributed by atoms with Crippen molar-refractivity contribution in [1.29, 1.82) is 0 Å². The highest BCUT2D eigenvalue weighted by Crippen LogP contribution is 2.26. The second-order valence-corrected chi connectivity index (χ2v) is 6.40. The molecule has 1 aromatic heterocycles. The van der Waals surface area contributed by atoms with Gasteiger partial charge in [0.2, 0.25) is 11.8 Å². The fourth-order valence-electron chi connectivity index (χ4n) is 3.27. The minimum atomic E-state index is 0.172. The fraction of sp³-hybridized carbons (Fsp3) is 0.500. The summed E-state index contributed by atoms with van der Waals surface area (Å²) >= 11 is 0. The smallest absolute Gasteiger partial charge is 0.231 e. The summed E-state index contributed by atoms with van der Waals surface area (Å²) in [6.45, 7) is 7.56. The largest absolute Gasteiger partial charge is 0.342 e. The second kappa shape index (κ2) is 6.52. The van der Waals surface area contributed by atoms with E-state index in [0.717, 1.165) is 13.0 Å². The lowest BCUT2D eigenvalue weighted by Crippen LogP contribution is -2.27. The summed E-state index contributed by atoms with van der Waals surface area (Å²) in [4.78, 5) is 18.2. The lowest BCUT2D eigenvalue weighted by Gasteiger charge is -2.13. The Morgan fingerprint density at radius 3 is 2.74 bits per heavy atom. The summed E-state index contributed by atoms with van der Waals surface area (Å²) in [6, 6.07) is 6.46. The third kappa shape index (κ3) is 3.60.